The van der Waals surface area contributed by atoms with E-state index in [-0.39, 0.29) is 0 Å². The molecule has 0 saturated heterocycles. The number of aryl methyl sites for hydroxylation is 1. The molecule has 3 heteroatoms. The molecule has 84 valence electrons. The van der Waals surface area contributed by atoms with Gasteiger partial charge in [0.05, 0.1) is 0 Å². The van der Waals surface area contributed by atoms with E-state index in [2.05, 4.69) is 28.1 Å². The Morgan fingerprint density at radius 3 is 3.12 bits per heavy atom. The lowest BCUT2D eigenvalue weighted by atomic mass is 10.1. The first kappa shape index (κ1) is 10.9. The molecule has 0 aromatic carbocycles. The Bertz CT molecular complexity index is 406. The minimum absolute atomic E-state index is 0.324. The zero-order valence-corrected chi connectivity index (χ0v) is 9.66. The Hall–Kier alpha value is -1.56. The highest BCUT2D eigenvalue weighted by molar-refractivity contribution is 5.48. The van der Waals surface area contributed by atoms with E-state index in [1.165, 1.54) is 17.7 Å². The molecule has 1 aromatic heterocycles. The molecule has 1 atom stereocenters. The maximum Gasteiger partial charge on any atom is 0.133 e. The summed E-state index contributed by atoms with van der Waals surface area (Å²) in [5.74, 6) is 3.69. The lowest BCUT2D eigenvalue weighted by Gasteiger charge is -2.16. The van der Waals surface area contributed by atoms with Gasteiger partial charge in [0.2, 0.25) is 0 Å². The minimum atomic E-state index is 0.324. The summed E-state index contributed by atoms with van der Waals surface area (Å²) in [5.41, 5.74) is 2.49. The van der Waals surface area contributed by atoms with E-state index in [1.807, 2.05) is 0 Å². The first-order valence-corrected chi connectivity index (χ1v) is 5.88. The van der Waals surface area contributed by atoms with E-state index in [0.29, 0.717) is 6.04 Å². The maximum absolute atomic E-state index is 5.35. The highest BCUT2D eigenvalue weighted by Crippen LogP contribution is 2.25. The molecule has 1 aromatic rings. The second-order valence-corrected chi connectivity index (χ2v) is 4.16. The molecule has 2 rings (SSSR count). The lowest BCUT2D eigenvalue weighted by molar-refractivity contribution is 0.709. The number of hydrogen-bond acceptors (Lipinski definition) is 3. The Morgan fingerprint density at radius 1 is 1.50 bits per heavy atom. The second kappa shape index (κ2) is 4.98. The Morgan fingerprint density at radius 2 is 2.38 bits per heavy atom. The van der Waals surface area contributed by atoms with Crippen LogP contribution in [0.25, 0.3) is 0 Å². The van der Waals surface area contributed by atoms with Crippen molar-refractivity contribution in [2.75, 3.05) is 5.32 Å². The molecule has 3 nitrogen and oxygen atoms in total. The standard InChI is InChI=1S/C13H17N3/c1-3-6-10(4-2)16-13-11-7-5-8-12(11)14-9-15-13/h1,9-10H,4-8H2,2H3,(H,14,15,16). The van der Waals surface area contributed by atoms with Crippen LogP contribution in [0, 0.1) is 12.3 Å². The van der Waals surface area contributed by atoms with E-state index >= 15 is 0 Å². The number of fused-ring (bicyclic) bond motifs is 1. The van der Waals surface area contributed by atoms with Crippen molar-refractivity contribution >= 4 is 5.82 Å². The van der Waals surface area contributed by atoms with Crippen molar-refractivity contribution in [3.8, 4) is 12.3 Å². The number of hydrogen-bond donors (Lipinski definition) is 1. The second-order valence-electron chi connectivity index (χ2n) is 4.16. The summed E-state index contributed by atoms with van der Waals surface area (Å²) < 4.78 is 0. The van der Waals surface area contributed by atoms with Crippen LogP contribution in [0.3, 0.4) is 0 Å². The van der Waals surface area contributed by atoms with E-state index in [0.717, 1.165) is 31.5 Å². The number of terminal acetylenes is 1. The molecule has 1 aliphatic rings. The molecular weight excluding hydrogens is 198 g/mol. The summed E-state index contributed by atoms with van der Waals surface area (Å²) >= 11 is 0. The van der Waals surface area contributed by atoms with Gasteiger partial charge in [-0.25, -0.2) is 9.97 Å². The normalized spacial score (nSPS) is 15.2. The van der Waals surface area contributed by atoms with Crippen molar-refractivity contribution in [2.45, 2.75) is 45.1 Å². The average Bonchev–Trinajstić information content (AvgIpc) is 2.77. The van der Waals surface area contributed by atoms with Gasteiger partial charge in [0.25, 0.3) is 0 Å². The van der Waals surface area contributed by atoms with Crippen LogP contribution in [0.15, 0.2) is 6.33 Å². The zero-order chi connectivity index (χ0) is 11.4. The van der Waals surface area contributed by atoms with E-state index in [9.17, 15) is 0 Å². The minimum Gasteiger partial charge on any atom is -0.366 e. The smallest absolute Gasteiger partial charge is 0.133 e. The van der Waals surface area contributed by atoms with Crippen LogP contribution in [0.1, 0.15) is 37.4 Å². The summed E-state index contributed by atoms with van der Waals surface area (Å²) in [6, 6.07) is 0.324. The average molecular weight is 215 g/mol. The largest absolute Gasteiger partial charge is 0.366 e. The summed E-state index contributed by atoms with van der Waals surface area (Å²) in [6.45, 7) is 2.14. The van der Waals surface area contributed by atoms with Gasteiger partial charge in [-0.3, -0.25) is 0 Å². The van der Waals surface area contributed by atoms with Gasteiger partial charge in [-0.15, -0.1) is 12.3 Å². The van der Waals surface area contributed by atoms with E-state index in [4.69, 9.17) is 6.42 Å². The molecular formula is C13H17N3. The van der Waals surface area contributed by atoms with E-state index in [1.54, 1.807) is 6.33 Å². The van der Waals surface area contributed by atoms with Gasteiger partial charge in [0.1, 0.15) is 12.1 Å². The summed E-state index contributed by atoms with van der Waals surface area (Å²) in [7, 11) is 0. The third kappa shape index (κ3) is 2.16. The Kier molecular flexibility index (Phi) is 3.40. The lowest BCUT2D eigenvalue weighted by Crippen LogP contribution is -2.19. The van der Waals surface area contributed by atoms with Crippen LogP contribution in [-0.2, 0) is 12.8 Å². The van der Waals surface area contributed by atoms with Crippen molar-refractivity contribution in [1.29, 1.82) is 0 Å². The monoisotopic (exact) mass is 215 g/mol. The highest BCUT2D eigenvalue weighted by Gasteiger charge is 2.18. The molecule has 1 unspecified atom stereocenters. The fourth-order valence-corrected chi connectivity index (χ4v) is 2.12. The zero-order valence-electron chi connectivity index (χ0n) is 9.66. The van der Waals surface area contributed by atoms with E-state index < -0.39 is 0 Å². The summed E-state index contributed by atoms with van der Waals surface area (Å²) in [5, 5.41) is 3.44. The third-order valence-corrected chi connectivity index (χ3v) is 3.07. The number of nitrogens with zero attached hydrogens (tertiary/aromatic N) is 2. The van der Waals surface area contributed by atoms with Crippen LogP contribution in [0.5, 0.6) is 0 Å². The Labute approximate surface area is 96.7 Å². The van der Waals surface area contributed by atoms with Gasteiger partial charge >= 0.3 is 0 Å². The van der Waals surface area contributed by atoms with Crippen molar-refractivity contribution in [2.24, 2.45) is 0 Å². The van der Waals surface area contributed by atoms with Crippen molar-refractivity contribution < 1.29 is 0 Å². The van der Waals surface area contributed by atoms with Crippen molar-refractivity contribution in [1.82, 2.24) is 9.97 Å². The molecule has 1 N–H and O–H groups in total. The molecule has 0 bridgehead atoms. The molecule has 1 aliphatic carbocycles. The van der Waals surface area contributed by atoms with Crippen molar-refractivity contribution in [3.63, 3.8) is 0 Å². The van der Waals surface area contributed by atoms with Crippen LogP contribution in [-0.4, -0.2) is 16.0 Å². The molecule has 0 saturated carbocycles. The number of anilines is 1. The number of aromatic nitrogens is 2. The molecule has 0 aliphatic heterocycles. The first-order valence-electron chi connectivity index (χ1n) is 5.88. The maximum atomic E-state index is 5.35. The molecule has 16 heavy (non-hydrogen) atoms. The van der Waals surface area contributed by atoms with Gasteiger partial charge in [-0.2, -0.15) is 0 Å². The number of rotatable bonds is 4. The highest BCUT2D eigenvalue weighted by atomic mass is 15.0. The van der Waals surface area contributed by atoms with Crippen molar-refractivity contribution in [3.05, 3.63) is 17.6 Å². The summed E-state index contributed by atoms with van der Waals surface area (Å²) in [4.78, 5) is 8.64. The van der Waals surface area contributed by atoms with Crippen LogP contribution in [0.2, 0.25) is 0 Å². The molecule has 0 amide bonds. The van der Waals surface area contributed by atoms with Crippen LogP contribution >= 0.6 is 0 Å². The first-order chi connectivity index (χ1) is 7.85. The fraction of sp³-hybridized carbons (Fsp3) is 0.538. The Balaban J connectivity index is 2.15. The molecule has 1 heterocycles. The van der Waals surface area contributed by atoms with Gasteiger partial charge in [-0.05, 0) is 25.7 Å². The topological polar surface area (TPSA) is 37.8 Å². The van der Waals surface area contributed by atoms with Gasteiger partial charge in [0, 0.05) is 23.7 Å². The van der Waals surface area contributed by atoms with Crippen LogP contribution in [0.4, 0.5) is 5.82 Å². The fourth-order valence-electron chi connectivity index (χ4n) is 2.12. The van der Waals surface area contributed by atoms with Gasteiger partial charge < -0.3 is 5.32 Å². The summed E-state index contributed by atoms with van der Waals surface area (Å²) in [6.07, 6.45) is 12.1. The quantitative estimate of drug-likeness (QED) is 0.782. The predicted molar refractivity (Wildman–Crippen MR) is 65.2 cm³/mol. The molecule has 0 fully saturated rings. The molecule has 0 radical (unpaired) electrons. The predicted octanol–water partition coefficient (Wildman–Crippen LogP) is 2.18. The number of nitrogens with one attached hydrogen (secondary N) is 1. The molecule has 0 spiro atoms. The van der Waals surface area contributed by atoms with Crippen LogP contribution < -0.4 is 5.32 Å². The van der Waals surface area contributed by atoms with Gasteiger partial charge in [0.15, 0.2) is 0 Å². The SMILES string of the molecule is C#CCC(CC)Nc1ncnc2c1CCC2. The third-order valence-electron chi connectivity index (χ3n) is 3.07. The van der Waals surface area contributed by atoms with Gasteiger partial charge in [-0.1, -0.05) is 6.92 Å².